The summed E-state index contributed by atoms with van der Waals surface area (Å²) < 4.78 is 5.42. The van der Waals surface area contributed by atoms with Crippen LogP contribution in [0.15, 0.2) is 0 Å². The van der Waals surface area contributed by atoms with Crippen LogP contribution in [0.4, 0.5) is 0 Å². The van der Waals surface area contributed by atoms with E-state index in [1.54, 1.807) is 0 Å². The zero-order chi connectivity index (χ0) is 13.8. The second-order valence-corrected chi connectivity index (χ2v) is 5.15. The van der Waals surface area contributed by atoms with E-state index in [4.69, 9.17) is 9.84 Å². The van der Waals surface area contributed by atoms with Crippen LogP contribution in [0, 0.1) is 5.92 Å². The average Bonchev–Trinajstić information content (AvgIpc) is 2.38. The predicted molar refractivity (Wildman–Crippen MR) is 74.7 cm³/mol. The first-order valence-electron chi connectivity index (χ1n) is 7.21. The smallest absolute Gasteiger partial charge is 0.0897 e. The molecule has 0 aliphatic rings. The molecule has 0 aromatic rings. The Morgan fingerprint density at radius 2 is 1.89 bits per heavy atom. The molecule has 0 saturated heterocycles. The second kappa shape index (κ2) is 11.9. The van der Waals surface area contributed by atoms with E-state index in [-0.39, 0.29) is 18.6 Å². The minimum atomic E-state index is -0.468. The van der Waals surface area contributed by atoms with Crippen LogP contribution in [0.5, 0.6) is 0 Å². The Kier molecular flexibility index (Phi) is 11.8. The summed E-state index contributed by atoms with van der Waals surface area (Å²) in [5.74, 6) is 0.201. The molecule has 4 nitrogen and oxygen atoms in total. The zero-order valence-corrected chi connectivity index (χ0v) is 12.2. The highest BCUT2D eigenvalue weighted by Crippen LogP contribution is 2.01. The molecule has 0 aliphatic heterocycles. The molecule has 0 radical (unpaired) electrons. The third-order valence-corrected chi connectivity index (χ3v) is 3.27. The van der Waals surface area contributed by atoms with Crippen molar-refractivity contribution in [3.63, 3.8) is 0 Å². The highest BCUT2D eigenvalue weighted by molar-refractivity contribution is 4.69. The van der Waals surface area contributed by atoms with Gasteiger partial charge in [0.05, 0.1) is 12.7 Å². The first-order valence-corrected chi connectivity index (χ1v) is 7.21. The van der Waals surface area contributed by atoms with Gasteiger partial charge in [0.1, 0.15) is 0 Å². The molecule has 0 aromatic carbocycles. The van der Waals surface area contributed by atoms with Gasteiger partial charge >= 0.3 is 0 Å². The van der Waals surface area contributed by atoms with E-state index in [2.05, 4.69) is 12.2 Å². The van der Waals surface area contributed by atoms with Crippen molar-refractivity contribution in [2.75, 3.05) is 26.4 Å². The predicted octanol–water partition coefficient (Wildman–Crippen LogP) is 1.55. The normalized spacial score (nSPS) is 16.5. The topological polar surface area (TPSA) is 61.7 Å². The Morgan fingerprint density at radius 3 is 2.50 bits per heavy atom. The summed E-state index contributed by atoms with van der Waals surface area (Å²) in [5, 5.41) is 21.9. The molecule has 0 aliphatic carbocycles. The summed E-state index contributed by atoms with van der Waals surface area (Å²) in [6, 6.07) is 0.203. The van der Waals surface area contributed by atoms with Gasteiger partial charge < -0.3 is 20.3 Å². The largest absolute Gasteiger partial charge is 0.396 e. The molecule has 110 valence electrons. The van der Waals surface area contributed by atoms with E-state index in [0.29, 0.717) is 13.2 Å². The fourth-order valence-corrected chi connectivity index (χ4v) is 1.59. The number of hydrogen-bond acceptors (Lipinski definition) is 4. The van der Waals surface area contributed by atoms with Gasteiger partial charge in [0.15, 0.2) is 0 Å². The van der Waals surface area contributed by atoms with Crippen LogP contribution >= 0.6 is 0 Å². The molecular weight excluding hydrogens is 230 g/mol. The molecule has 0 amide bonds. The summed E-state index contributed by atoms with van der Waals surface area (Å²) in [4.78, 5) is 0. The van der Waals surface area contributed by atoms with Crippen LogP contribution in [0.3, 0.4) is 0 Å². The Balaban J connectivity index is 3.39. The maximum absolute atomic E-state index is 9.71. The molecule has 3 N–H and O–H groups in total. The molecule has 0 aromatic heterocycles. The van der Waals surface area contributed by atoms with Gasteiger partial charge in [0.2, 0.25) is 0 Å². The van der Waals surface area contributed by atoms with Crippen molar-refractivity contribution < 1.29 is 14.9 Å². The minimum absolute atomic E-state index is 0.165. The molecule has 0 fully saturated rings. The average molecular weight is 261 g/mol. The van der Waals surface area contributed by atoms with E-state index in [9.17, 15) is 5.11 Å². The van der Waals surface area contributed by atoms with Crippen molar-refractivity contribution in [3.05, 3.63) is 0 Å². The summed E-state index contributed by atoms with van der Waals surface area (Å²) in [7, 11) is 0. The standard InChI is InChI=1S/C14H31NO3/c1-4-5-6-7-8-18-11-14(17)9-15-13(3)12(2)10-16/h12-17H,4-11H2,1-3H3. The molecule has 0 spiro atoms. The van der Waals surface area contributed by atoms with E-state index in [1.165, 1.54) is 19.3 Å². The quantitative estimate of drug-likeness (QED) is 0.467. The van der Waals surface area contributed by atoms with Gasteiger partial charge in [-0.25, -0.2) is 0 Å². The van der Waals surface area contributed by atoms with E-state index in [0.717, 1.165) is 13.0 Å². The van der Waals surface area contributed by atoms with E-state index < -0.39 is 6.10 Å². The minimum Gasteiger partial charge on any atom is -0.396 e. The van der Waals surface area contributed by atoms with Crippen molar-refractivity contribution >= 4 is 0 Å². The lowest BCUT2D eigenvalue weighted by atomic mass is 10.1. The fraction of sp³-hybridized carbons (Fsp3) is 1.00. The molecule has 0 saturated carbocycles. The lowest BCUT2D eigenvalue weighted by Gasteiger charge is -2.21. The van der Waals surface area contributed by atoms with Crippen LogP contribution in [0.2, 0.25) is 0 Å². The second-order valence-electron chi connectivity index (χ2n) is 5.15. The molecule has 0 bridgehead atoms. The molecule has 3 atom stereocenters. The van der Waals surface area contributed by atoms with Crippen LogP contribution in [-0.4, -0.2) is 48.7 Å². The van der Waals surface area contributed by atoms with Crippen molar-refractivity contribution in [1.29, 1.82) is 0 Å². The molecule has 3 unspecified atom stereocenters. The Labute approximate surface area is 112 Å². The maximum Gasteiger partial charge on any atom is 0.0897 e. The van der Waals surface area contributed by atoms with Crippen molar-refractivity contribution in [1.82, 2.24) is 5.32 Å². The van der Waals surface area contributed by atoms with Gasteiger partial charge in [0.25, 0.3) is 0 Å². The SMILES string of the molecule is CCCCCCOCC(O)CNC(C)C(C)CO. The van der Waals surface area contributed by atoms with Crippen molar-refractivity contribution in [3.8, 4) is 0 Å². The zero-order valence-electron chi connectivity index (χ0n) is 12.2. The number of nitrogens with one attached hydrogen (secondary N) is 1. The van der Waals surface area contributed by atoms with Gasteiger partial charge in [-0.15, -0.1) is 0 Å². The third kappa shape index (κ3) is 9.83. The third-order valence-electron chi connectivity index (χ3n) is 3.27. The molecule has 0 rings (SSSR count). The molecule has 0 heterocycles. The highest BCUT2D eigenvalue weighted by Gasteiger charge is 2.12. The van der Waals surface area contributed by atoms with Gasteiger partial charge in [-0.1, -0.05) is 33.1 Å². The van der Waals surface area contributed by atoms with Crippen LogP contribution in [0.25, 0.3) is 0 Å². The lowest BCUT2D eigenvalue weighted by Crippen LogP contribution is -2.40. The molecule has 4 heteroatoms. The summed E-state index contributed by atoms with van der Waals surface area (Å²) in [5.41, 5.74) is 0. The Morgan fingerprint density at radius 1 is 1.17 bits per heavy atom. The number of aliphatic hydroxyl groups excluding tert-OH is 2. The maximum atomic E-state index is 9.71. The fourth-order valence-electron chi connectivity index (χ4n) is 1.59. The molecule has 18 heavy (non-hydrogen) atoms. The monoisotopic (exact) mass is 261 g/mol. The number of rotatable bonds is 12. The van der Waals surface area contributed by atoms with Gasteiger partial charge in [0, 0.05) is 25.8 Å². The van der Waals surface area contributed by atoms with E-state index >= 15 is 0 Å². The van der Waals surface area contributed by atoms with Gasteiger partial charge in [-0.3, -0.25) is 0 Å². The molecular formula is C14H31NO3. The van der Waals surface area contributed by atoms with E-state index in [1.807, 2.05) is 13.8 Å². The van der Waals surface area contributed by atoms with Gasteiger partial charge in [-0.2, -0.15) is 0 Å². The summed E-state index contributed by atoms with van der Waals surface area (Å²) >= 11 is 0. The van der Waals surface area contributed by atoms with Crippen LogP contribution in [-0.2, 0) is 4.74 Å². The highest BCUT2D eigenvalue weighted by atomic mass is 16.5. The number of aliphatic hydroxyl groups is 2. The first-order chi connectivity index (χ1) is 8.61. The van der Waals surface area contributed by atoms with Crippen LogP contribution in [0.1, 0.15) is 46.5 Å². The summed E-state index contributed by atoms with van der Waals surface area (Å²) in [6.45, 7) is 7.98. The first kappa shape index (κ1) is 17.8. The summed E-state index contributed by atoms with van der Waals surface area (Å²) in [6.07, 6.45) is 4.30. The number of ether oxygens (including phenoxy) is 1. The van der Waals surface area contributed by atoms with Crippen molar-refractivity contribution in [2.45, 2.75) is 58.6 Å². The van der Waals surface area contributed by atoms with Crippen LogP contribution < -0.4 is 5.32 Å². The Bertz CT molecular complexity index is 178. The number of unbranched alkanes of at least 4 members (excludes halogenated alkanes) is 3. The van der Waals surface area contributed by atoms with Crippen molar-refractivity contribution in [2.24, 2.45) is 5.92 Å². The lowest BCUT2D eigenvalue weighted by molar-refractivity contribution is 0.0329. The Hall–Kier alpha value is -0.160. The number of hydrogen-bond donors (Lipinski definition) is 3. The van der Waals surface area contributed by atoms with Gasteiger partial charge in [-0.05, 0) is 19.3 Å².